The lowest BCUT2D eigenvalue weighted by Crippen LogP contribution is -2.58. The Hall–Kier alpha value is -5.89. The third kappa shape index (κ3) is 10.8. The summed E-state index contributed by atoms with van der Waals surface area (Å²) >= 11 is 0. The van der Waals surface area contributed by atoms with E-state index in [2.05, 4.69) is 25.9 Å². The Morgan fingerprint density at radius 3 is 1.94 bits per heavy atom. The summed E-state index contributed by atoms with van der Waals surface area (Å²) in [5, 5.41) is 28.5. The molecule has 14 heteroatoms. The normalized spacial score (nSPS) is 13.4. The smallest absolute Gasteiger partial charge is 0.326 e. The number of carboxylic acids is 1. The van der Waals surface area contributed by atoms with E-state index >= 15 is 0 Å². The van der Waals surface area contributed by atoms with E-state index in [-0.39, 0.29) is 50.4 Å². The second kappa shape index (κ2) is 17.3. The fraction of sp³-hybridized carbons (Fsp3) is 0.286. The van der Waals surface area contributed by atoms with E-state index in [0.717, 1.165) is 22.0 Å². The maximum absolute atomic E-state index is 13.9. The number of aliphatic imine (C=N–C) groups is 1. The number of phenols is 1. The van der Waals surface area contributed by atoms with Crippen molar-refractivity contribution in [2.75, 3.05) is 6.54 Å². The average Bonchev–Trinajstić information content (AvgIpc) is 3.49. The number of carbonyl (C=O) groups excluding carboxylic acids is 3. The highest BCUT2D eigenvalue weighted by molar-refractivity contribution is 5.94. The second-order valence-electron chi connectivity index (χ2n) is 11.7. The van der Waals surface area contributed by atoms with Gasteiger partial charge in [-0.2, -0.15) is 0 Å². The number of hydrogen-bond acceptors (Lipinski definition) is 7. The number of nitrogens with two attached hydrogens (primary N) is 3. The topological polar surface area (TPSA) is 251 Å². The summed E-state index contributed by atoms with van der Waals surface area (Å²) in [4.78, 5) is 59.9. The third-order valence-electron chi connectivity index (χ3n) is 7.94. The highest BCUT2D eigenvalue weighted by Crippen LogP contribution is 2.19. The van der Waals surface area contributed by atoms with E-state index in [4.69, 9.17) is 17.2 Å². The van der Waals surface area contributed by atoms with Crippen molar-refractivity contribution in [3.05, 3.63) is 102 Å². The summed E-state index contributed by atoms with van der Waals surface area (Å²) in [6, 6.07) is 18.0. The number of para-hydroxylation sites is 1. The summed E-state index contributed by atoms with van der Waals surface area (Å²) in [5.74, 6) is -3.39. The standard InChI is InChI=1S/C35H42N8O6/c36-26(19-23-20-40-27-10-5-4-9-25(23)27)31(45)42-29(17-21-7-2-1-3-8-21)33(47)43-30(18-22-12-14-24(44)15-13-22)32(46)41-28(34(48)49)11-6-16-39-35(37)38/h1-5,7-10,12-15,20,26,28-30,40,44H,6,11,16-19,36H2,(H,41,46)(H,42,45)(H,43,47)(H,48,49)(H4,37,38,39). The molecule has 4 atom stereocenters. The molecule has 3 amide bonds. The van der Waals surface area contributed by atoms with Gasteiger partial charge in [0.2, 0.25) is 17.7 Å². The van der Waals surface area contributed by atoms with Crippen molar-refractivity contribution < 1.29 is 29.4 Å². The summed E-state index contributed by atoms with van der Waals surface area (Å²) < 4.78 is 0. The summed E-state index contributed by atoms with van der Waals surface area (Å²) in [5.41, 5.74) is 20.1. The SMILES string of the molecule is NC(N)=NCCCC(NC(=O)C(Cc1ccc(O)cc1)NC(=O)C(Cc1ccccc1)NC(=O)C(N)Cc1c[nH]c2ccccc12)C(=O)O. The first-order valence-corrected chi connectivity index (χ1v) is 15.8. The van der Waals surface area contributed by atoms with Crippen LogP contribution < -0.4 is 33.2 Å². The van der Waals surface area contributed by atoms with Crippen molar-refractivity contribution in [1.82, 2.24) is 20.9 Å². The number of fused-ring (bicyclic) bond motifs is 1. The Kier molecular flexibility index (Phi) is 12.7. The van der Waals surface area contributed by atoms with Crippen LogP contribution in [0.2, 0.25) is 0 Å². The number of carbonyl (C=O) groups is 4. The van der Waals surface area contributed by atoms with Crippen molar-refractivity contribution in [2.45, 2.75) is 56.3 Å². The van der Waals surface area contributed by atoms with Crippen molar-refractivity contribution >= 4 is 40.6 Å². The molecule has 12 N–H and O–H groups in total. The van der Waals surface area contributed by atoms with Gasteiger partial charge in [0.25, 0.3) is 0 Å². The van der Waals surface area contributed by atoms with Gasteiger partial charge in [-0.25, -0.2) is 4.79 Å². The highest BCUT2D eigenvalue weighted by Gasteiger charge is 2.31. The number of aromatic amines is 1. The molecule has 1 aromatic heterocycles. The Bertz CT molecular complexity index is 1750. The summed E-state index contributed by atoms with van der Waals surface area (Å²) in [6.45, 7) is 0.166. The Balaban J connectivity index is 1.53. The van der Waals surface area contributed by atoms with Gasteiger partial charge in [-0.15, -0.1) is 0 Å². The van der Waals surface area contributed by atoms with E-state index in [1.807, 2.05) is 30.3 Å². The zero-order chi connectivity index (χ0) is 35.3. The molecular weight excluding hydrogens is 628 g/mol. The van der Waals surface area contributed by atoms with Gasteiger partial charge in [-0.1, -0.05) is 60.7 Å². The molecule has 0 saturated carbocycles. The Morgan fingerprint density at radius 1 is 0.735 bits per heavy atom. The molecule has 0 radical (unpaired) electrons. The predicted molar refractivity (Wildman–Crippen MR) is 185 cm³/mol. The zero-order valence-corrected chi connectivity index (χ0v) is 26.8. The number of benzene rings is 3. The predicted octanol–water partition coefficient (Wildman–Crippen LogP) is 0.821. The lowest BCUT2D eigenvalue weighted by atomic mass is 10.0. The van der Waals surface area contributed by atoms with Crippen LogP contribution in [0, 0.1) is 0 Å². The Morgan fingerprint density at radius 2 is 1.31 bits per heavy atom. The van der Waals surface area contributed by atoms with Crippen LogP contribution in [0.3, 0.4) is 0 Å². The lowest BCUT2D eigenvalue weighted by molar-refractivity contribution is -0.142. The molecular formula is C35H42N8O6. The molecule has 0 aliphatic carbocycles. The van der Waals surface area contributed by atoms with Gasteiger partial charge in [0.05, 0.1) is 6.04 Å². The minimum absolute atomic E-state index is 0.00937. The number of nitrogens with one attached hydrogen (secondary N) is 4. The maximum atomic E-state index is 13.9. The molecule has 4 aromatic rings. The molecule has 0 fully saturated rings. The number of hydrogen-bond donors (Lipinski definition) is 9. The number of rotatable bonds is 17. The molecule has 0 aliphatic rings. The molecule has 258 valence electrons. The van der Waals surface area contributed by atoms with Crippen molar-refractivity contribution in [1.29, 1.82) is 0 Å². The van der Waals surface area contributed by atoms with Crippen molar-refractivity contribution in [3.8, 4) is 5.75 Å². The van der Waals surface area contributed by atoms with Crippen LogP contribution in [0.4, 0.5) is 0 Å². The third-order valence-corrected chi connectivity index (χ3v) is 7.94. The highest BCUT2D eigenvalue weighted by atomic mass is 16.4. The van der Waals surface area contributed by atoms with Crippen LogP contribution in [0.25, 0.3) is 10.9 Å². The number of aromatic nitrogens is 1. The summed E-state index contributed by atoms with van der Waals surface area (Å²) in [7, 11) is 0. The van der Waals surface area contributed by atoms with Gasteiger partial charge < -0.3 is 48.3 Å². The van der Waals surface area contributed by atoms with Crippen LogP contribution in [0.5, 0.6) is 5.75 Å². The molecule has 0 bridgehead atoms. The van der Waals surface area contributed by atoms with Crippen LogP contribution in [0.1, 0.15) is 29.5 Å². The zero-order valence-electron chi connectivity index (χ0n) is 26.8. The quantitative estimate of drug-likeness (QED) is 0.0437. The number of nitrogens with zero attached hydrogens (tertiary/aromatic N) is 1. The molecule has 49 heavy (non-hydrogen) atoms. The van der Waals surface area contributed by atoms with Gasteiger partial charge in [-0.05, 0) is 54.2 Å². The van der Waals surface area contributed by atoms with Gasteiger partial charge in [-0.3, -0.25) is 19.4 Å². The fourth-order valence-corrected chi connectivity index (χ4v) is 5.35. The monoisotopic (exact) mass is 670 g/mol. The van der Waals surface area contributed by atoms with Crippen LogP contribution in [0.15, 0.2) is 90.1 Å². The minimum atomic E-state index is -1.29. The van der Waals surface area contributed by atoms with Crippen LogP contribution in [-0.4, -0.2) is 75.6 Å². The molecule has 0 saturated heterocycles. The number of aliphatic carboxylic acids is 1. The van der Waals surface area contributed by atoms with E-state index < -0.39 is 47.9 Å². The van der Waals surface area contributed by atoms with E-state index in [9.17, 15) is 29.4 Å². The Labute approximate surface area is 283 Å². The molecule has 4 unspecified atom stereocenters. The number of H-pyrrole nitrogens is 1. The maximum Gasteiger partial charge on any atom is 0.326 e. The first kappa shape index (κ1) is 36.0. The fourth-order valence-electron chi connectivity index (χ4n) is 5.35. The van der Waals surface area contributed by atoms with E-state index in [1.54, 1.807) is 42.6 Å². The molecule has 0 aliphatic heterocycles. The first-order chi connectivity index (χ1) is 23.5. The van der Waals surface area contributed by atoms with Crippen molar-refractivity contribution in [2.24, 2.45) is 22.2 Å². The molecule has 3 aromatic carbocycles. The molecule has 14 nitrogen and oxygen atoms in total. The molecule has 0 spiro atoms. The number of aromatic hydroxyl groups is 1. The summed E-state index contributed by atoms with van der Waals surface area (Å²) in [6.07, 6.45) is 2.36. The van der Waals surface area contributed by atoms with Crippen LogP contribution in [-0.2, 0) is 38.4 Å². The number of carboxylic acid groups (broad SMARTS) is 1. The largest absolute Gasteiger partial charge is 0.508 e. The van der Waals surface area contributed by atoms with Crippen LogP contribution >= 0.6 is 0 Å². The minimum Gasteiger partial charge on any atom is -0.508 e. The molecule has 1 heterocycles. The number of amides is 3. The first-order valence-electron chi connectivity index (χ1n) is 15.8. The van der Waals surface area contributed by atoms with Gasteiger partial charge in [0, 0.05) is 36.5 Å². The second-order valence-corrected chi connectivity index (χ2v) is 11.7. The van der Waals surface area contributed by atoms with Gasteiger partial charge >= 0.3 is 5.97 Å². The van der Waals surface area contributed by atoms with E-state index in [1.165, 1.54) is 12.1 Å². The van der Waals surface area contributed by atoms with E-state index in [0.29, 0.717) is 5.56 Å². The van der Waals surface area contributed by atoms with Crippen molar-refractivity contribution in [3.63, 3.8) is 0 Å². The van der Waals surface area contributed by atoms with Gasteiger partial charge in [0.1, 0.15) is 23.9 Å². The number of guanidine groups is 1. The molecule has 4 rings (SSSR count). The lowest BCUT2D eigenvalue weighted by Gasteiger charge is -2.25. The average molecular weight is 671 g/mol. The van der Waals surface area contributed by atoms with Gasteiger partial charge in [0.15, 0.2) is 5.96 Å². The number of phenolic OH excluding ortho intramolecular Hbond substituents is 1.